The van der Waals surface area contributed by atoms with Gasteiger partial charge in [-0.3, -0.25) is 0 Å². The van der Waals surface area contributed by atoms with Crippen LogP contribution in [0.2, 0.25) is 0 Å². The quantitative estimate of drug-likeness (QED) is 0.605. The van der Waals surface area contributed by atoms with E-state index < -0.39 is 6.10 Å². The van der Waals surface area contributed by atoms with Gasteiger partial charge in [0.05, 0.1) is 11.8 Å². The van der Waals surface area contributed by atoms with Crippen molar-refractivity contribution >= 4 is 5.69 Å². The summed E-state index contributed by atoms with van der Waals surface area (Å²) >= 11 is 0. The third kappa shape index (κ3) is 4.24. The fourth-order valence-electron chi connectivity index (χ4n) is 1.48. The maximum Gasteiger partial charge on any atom is 0.138 e. The van der Waals surface area contributed by atoms with Gasteiger partial charge < -0.3 is 20.8 Å². The number of β-amino-alcohol motifs (C(OH)–C–C–N with tert-alkyl or cyclic N) is 1. The monoisotopic (exact) mass is 238 g/mol. The second kappa shape index (κ2) is 5.38. The molecule has 4 heteroatoms. The molecule has 1 rings (SSSR count). The van der Waals surface area contributed by atoms with Crippen molar-refractivity contribution in [1.29, 1.82) is 0 Å². The molecule has 0 aliphatic rings. The number of hydrogen-bond acceptors (Lipinski definition) is 4. The van der Waals surface area contributed by atoms with Crippen molar-refractivity contribution in [2.24, 2.45) is 0 Å². The Morgan fingerprint density at radius 3 is 2.47 bits per heavy atom. The van der Waals surface area contributed by atoms with Crippen molar-refractivity contribution in [3.8, 4) is 5.75 Å². The van der Waals surface area contributed by atoms with Crippen LogP contribution in [0.4, 0.5) is 5.69 Å². The summed E-state index contributed by atoms with van der Waals surface area (Å²) in [7, 11) is 1.73. The van der Waals surface area contributed by atoms with E-state index in [9.17, 15) is 10.2 Å². The minimum absolute atomic E-state index is 0.0241. The molecule has 0 fully saturated rings. The van der Waals surface area contributed by atoms with Crippen molar-refractivity contribution in [1.82, 2.24) is 5.32 Å². The number of aliphatic hydroxyl groups excluding tert-OH is 1. The van der Waals surface area contributed by atoms with E-state index >= 15 is 0 Å². The minimum atomic E-state index is -0.582. The van der Waals surface area contributed by atoms with Crippen LogP contribution < -0.4 is 10.6 Å². The molecule has 4 nitrogen and oxygen atoms in total. The fourth-order valence-corrected chi connectivity index (χ4v) is 1.48. The predicted octanol–water partition coefficient (Wildman–Crippen LogP) is 1.86. The van der Waals surface area contributed by atoms with Crippen LogP contribution in [0.15, 0.2) is 18.2 Å². The van der Waals surface area contributed by atoms with E-state index in [0.717, 1.165) is 5.56 Å². The summed E-state index contributed by atoms with van der Waals surface area (Å²) in [6, 6.07) is 5.07. The molecule has 0 spiro atoms. The molecule has 0 radical (unpaired) electrons. The summed E-state index contributed by atoms with van der Waals surface area (Å²) in [5.41, 5.74) is 1.38. The van der Waals surface area contributed by atoms with Gasteiger partial charge in [-0.25, -0.2) is 0 Å². The molecule has 4 N–H and O–H groups in total. The summed E-state index contributed by atoms with van der Waals surface area (Å²) in [5.74, 6) is 0.187. The molecule has 96 valence electrons. The molecule has 1 unspecified atom stereocenters. The maximum atomic E-state index is 10.0. The lowest BCUT2D eigenvalue weighted by Crippen LogP contribution is -2.38. The molecule has 0 saturated heterocycles. The number of benzene rings is 1. The number of rotatable bonds is 4. The van der Waals surface area contributed by atoms with Gasteiger partial charge in [0.1, 0.15) is 5.75 Å². The first-order valence-electron chi connectivity index (χ1n) is 5.77. The summed E-state index contributed by atoms with van der Waals surface area (Å²) in [6.45, 7) is 6.64. The second-order valence-electron chi connectivity index (χ2n) is 5.17. The number of aliphatic hydroxyl groups is 1. The van der Waals surface area contributed by atoms with Crippen LogP contribution in [0.1, 0.15) is 32.4 Å². The summed E-state index contributed by atoms with van der Waals surface area (Å²) in [6.07, 6.45) is -0.582. The fraction of sp³-hybridized carbons (Fsp3) is 0.538. The van der Waals surface area contributed by atoms with E-state index in [-0.39, 0.29) is 11.3 Å². The summed E-state index contributed by atoms with van der Waals surface area (Å²) in [4.78, 5) is 0. The van der Waals surface area contributed by atoms with Crippen LogP contribution >= 0.6 is 0 Å². The zero-order valence-electron chi connectivity index (χ0n) is 10.9. The molecule has 0 aliphatic carbocycles. The molecule has 1 aromatic rings. The van der Waals surface area contributed by atoms with E-state index in [1.165, 1.54) is 0 Å². The van der Waals surface area contributed by atoms with Gasteiger partial charge in [-0.2, -0.15) is 0 Å². The molecule has 17 heavy (non-hydrogen) atoms. The third-order valence-electron chi connectivity index (χ3n) is 2.50. The smallest absolute Gasteiger partial charge is 0.138 e. The van der Waals surface area contributed by atoms with Crippen molar-refractivity contribution < 1.29 is 10.2 Å². The highest BCUT2D eigenvalue weighted by molar-refractivity contribution is 5.57. The lowest BCUT2D eigenvalue weighted by atomic mass is 10.1. The van der Waals surface area contributed by atoms with Gasteiger partial charge in [-0.15, -0.1) is 0 Å². The van der Waals surface area contributed by atoms with E-state index in [1.54, 1.807) is 25.2 Å². The van der Waals surface area contributed by atoms with Crippen LogP contribution in [0.5, 0.6) is 5.75 Å². The lowest BCUT2D eigenvalue weighted by molar-refractivity contribution is 0.163. The standard InChI is InChI=1S/C13H22N2O2/c1-13(2,3)15-8-12(17)9-5-6-11(16)10(7-9)14-4/h5-7,12,14-17H,8H2,1-4H3. The van der Waals surface area contributed by atoms with Gasteiger partial charge >= 0.3 is 0 Å². The third-order valence-corrected chi connectivity index (χ3v) is 2.50. The molecule has 1 aromatic carbocycles. The average Bonchev–Trinajstić information content (AvgIpc) is 2.25. The van der Waals surface area contributed by atoms with Crippen LogP contribution in [0, 0.1) is 0 Å². The van der Waals surface area contributed by atoms with Crippen LogP contribution in [-0.2, 0) is 0 Å². The first-order chi connectivity index (χ1) is 7.83. The predicted molar refractivity (Wildman–Crippen MR) is 70.4 cm³/mol. The molecule has 0 amide bonds. The number of phenols is 1. The minimum Gasteiger partial charge on any atom is -0.506 e. The first-order valence-corrected chi connectivity index (χ1v) is 5.77. The molecule has 0 aliphatic heterocycles. The molecule has 0 bridgehead atoms. The lowest BCUT2D eigenvalue weighted by Gasteiger charge is -2.23. The van der Waals surface area contributed by atoms with Crippen LogP contribution in [0.3, 0.4) is 0 Å². The van der Waals surface area contributed by atoms with Gasteiger partial charge in [0.15, 0.2) is 0 Å². The van der Waals surface area contributed by atoms with E-state index in [4.69, 9.17) is 0 Å². The van der Waals surface area contributed by atoms with E-state index in [1.807, 2.05) is 0 Å². The van der Waals surface area contributed by atoms with Crippen molar-refractivity contribution in [3.63, 3.8) is 0 Å². The van der Waals surface area contributed by atoms with E-state index in [2.05, 4.69) is 31.4 Å². The Labute approximate surface area is 103 Å². The Morgan fingerprint density at radius 1 is 1.29 bits per heavy atom. The van der Waals surface area contributed by atoms with Crippen molar-refractivity contribution in [2.45, 2.75) is 32.4 Å². The zero-order valence-corrected chi connectivity index (χ0v) is 10.9. The topological polar surface area (TPSA) is 64.5 Å². The highest BCUT2D eigenvalue weighted by Crippen LogP contribution is 2.26. The summed E-state index contributed by atoms with van der Waals surface area (Å²) < 4.78 is 0. The Hall–Kier alpha value is -1.26. The number of hydrogen-bond donors (Lipinski definition) is 4. The molecular formula is C13H22N2O2. The first kappa shape index (κ1) is 13.8. The highest BCUT2D eigenvalue weighted by Gasteiger charge is 2.14. The SMILES string of the molecule is CNc1cc(C(O)CNC(C)(C)C)ccc1O. The zero-order chi connectivity index (χ0) is 13.1. The Bertz CT molecular complexity index is 372. The number of phenolic OH excluding ortho intramolecular Hbond substituents is 1. The van der Waals surface area contributed by atoms with Gasteiger partial charge in [0.25, 0.3) is 0 Å². The van der Waals surface area contributed by atoms with Crippen molar-refractivity contribution in [2.75, 3.05) is 18.9 Å². The van der Waals surface area contributed by atoms with Crippen LogP contribution in [-0.4, -0.2) is 29.3 Å². The maximum absolute atomic E-state index is 10.0. The second-order valence-corrected chi connectivity index (χ2v) is 5.17. The van der Waals surface area contributed by atoms with E-state index in [0.29, 0.717) is 12.2 Å². The number of anilines is 1. The van der Waals surface area contributed by atoms with Gasteiger partial charge in [0.2, 0.25) is 0 Å². The van der Waals surface area contributed by atoms with Gasteiger partial charge in [0, 0.05) is 19.1 Å². The highest BCUT2D eigenvalue weighted by atomic mass is 16.3. The molecular weight excluding hydrogens is 216 g/mol. The van der Waals surface area contributed by atoms with Gasteiger partial charge in [-0.05, 0) is 38.5 Å². The van der Waals surface area contributed by atoms with Crippen LogP contribution in [0.25, 0.3) is 0 Å². The molecule has 1 atom stereocenters. The van der Waals surface area contributed by atoms with Gasteiger partial charge in [-0.1, -0.05) is 6.07 Å². The molecule has 0 heterocycles. The Kier molecular flexibility index (Phi) is 4.37. The van der Waals surface area contributed by atoms with Crippen molar-refractivity contribution in [3.05, 3.63) is 23.8 Å². The Morgan fingerprint density at radius 2 is 1.94 bits per heavy atom. The molecule has 0 aromatic heterocycles. The average molecular weight is 238 g/mol. The normalized spacial score (nSPS) is 13.5. The largest absolute Gasteiger partial charge is 0.506 e. The Balaban J connectivity index is 2.72. The number of aromatic hydroxyl groups is 1. The summed E-state index contributed by atoms with van der Waals surface area (Å²) in [5, 5.41) is 25.7. The molecule has 0 saturated carbocycles. The number of nitrogens with one attached hydrogen (secondary N) is 2.